The molecule has 7 nitrogen and oxygen atoms in total. The lowest BCUT2D eigenvalue weighted by Crippen LogP contribution is -2.54. The van der Waals surface area contributed by atoms with Crippen LogP contribution in [0.1, 0.15) is 38.5 Å². The Kier molecular flexibility index (Phi) is 9.48. The zero-order valence-electron chi connectivity index (χ0n) is 17.1. The number of halogens is 2. The Hall–Kier alpha value is -0.600. The largest absolute Gasteiger partial charge is 0.379 e. The van der Waals surface area contributed by atoms with E-state index in [4.69, 9.17) is 10.5 Å². The molecule has 2 bridgehead atoms. The van der Waals surface area contributed by atoms with Crippen molar-refractivity contribution in [3.8, 4) is 0 Å². The number of carbonyl (C=O) groups excluding carboxylic acids is 2. The first-order chi connectivity index (χ1) is 13.1. The van der Waals surface area contributed by atoms with Gasteiger partial charge >= 0.3 is 0 Å². The molecule has 3 unspecified atom stereocenters. The number of nitrogens with zero attached hydrogens (tertiary/aromatic N) is 2. The van der Waals surface area contributed by atoms with E-state index in [1.807, 2.05) is 4.90 Å². The maximum Gasteiger partial charge on any atom is 0.225 e. The number of nitrogens with two attached hydrogens (primary N) is 1. The number of hydrogen-bond donors (Lipinski definition) is 2. The molecule has 0 spiro atoms. The number of carbonyl (C=O) groups is 2. The van der Waals surface area contributed by atoms with Gasteiger partial charge in [-0.15, -0.1) is 24.8 Å². The van der Waals surface area contributed by atoms with Gasteiger partial charge < -0.3 is 20.7 Å². The van der Waals surface area contributed by atoms with Gasteiger partial charge in [-0.1, -0.05) is 6.42 Å². The number of likely N-dealkylation sites (tertiary alicyclic amines) is 1. The van der Waals surface area contributed by atoms with Gasteiger partial charge in [0.05, 0.1) is 19.1 Å². The summed E-state index contributed by atoms with van der Waals surface area (Å²) in [6, 6.07) is 0.556. The van der Waals surface area contributed by atoms with Crippen molar-refractivity contribution >= 4 is 36.6 Å². The van der Waals surface area contributed by atoms with E-state index in [0.717, 1.165) is 45.7 Å². The first kappa shape index (κ1) is 24.7. The van der Waals surface area contributed by atoms with Gasteiger partial charge in [0.15, 0.2) is 0 Å². The fraction of sp³-hybridized carbons (Fsp3) is 0.900. The van der Waals surface area contributed by atoms with Gasteiger partial charge in [-0.25, -0.2) is 0 Å². The first-order valence-corrected chi connectivity index (χ1v) is 10.7. The van der Waals surface area contributed by atoms with E-state index in [0.29, 0.717) is 31.3 Å². The highest BCUT2D eigenvalue weighted by Crippen LogP contribution is 2.39. The number of morpholine rings is 1. The second-order valence-corrected chi connectivity index (χ2v) is 8.91. The van der Waals surface area contributed by atoms with Crippen molar-refractivity contribution < 1.29 is 14.3 Å². The highest BCUT2D eigenvalue weighted by molar-refractivity contribution is 5.89. The maximum absolute atomic E-state index is 12.9. The van der Waals surface area contributed by atoms with Crippen molar-refractivity contribution in [2.24, 2.45) is 23.5 Å². The zero-order chi connectivity index (χ0) is 18.8. The molecule has 4 rings (SSSR count). The van der Waals surface area contributed by atoms with Crippen molar-refractivity contribution in [2.45, 2.75) is 50.6 Å². The van der Waals surface area contributed by atoms with Gasteiger partial charge in [0.1, 0.15) is 0 Å². The van der Waals surface area contributed by atoms with Gasteiger partial charge in [-0.3, -0.25) is 14.5 Å². The summed E-state index contributed by atoms with van der Waals surface area (Å²) in [5.41, 5.74) is 6.20. The fourth-order valence-electron chi connectivity index (χ4n) is 5.56. The van der Waals surface area contributed by atoms with Crippen LogP contribution in [-0.2, 0) is 14.3 Å². The van der Waals surface area contributed by atoms with Gasteiger partial charge in [0.2, 0.25) is 11.8 Å². The molecule has 3 atom stereocenters. The van der Waals surface area contributed by atoms with Crippen LogP contribution in [0, 0.1) is 17.8 Å². The summed E-state index contributed by atoms with van der Waals surface area (Å²) >= 11 is 0. The molecule has 4 aliphatic rings. The number of hydrogen-bond acceptors (Lipinski definition) is 5. The van der Waals surface area contributed by atoms with Crippen molar-refractivity contribution in [3.05, 3.63) is 0 Å². The van der Waals surface area contributed by atoms with Gasteiger partial charge in [0.25, 0.3) is 0 Å². The summed E-state index contributed by atoms with van der Waals surface area (Å²) in [6.07, 6.45) is 6.00. The molecule has 2 heterocycles. The summed E-state index contributed by atoms with van der Waals surface area (Å²) in [6.45, 7) is 5.55. The van der Waals surface area contributed by atoms with E-state index in [-0.39, 0.29) is 54.6 Å². The minimum atomic E-state index is -0.196. The number of ether oxygens (including phenoxy) is 1. The second-order valence-electron chi connectivity index (χ2n) is 8.91. The van der Waals surface area contributed by atoms with Gasteiger partial charge in [0, 0.05) is 51.2 Å². The molecule has 3 N–H and O–H groups in total. The number of fused-ring (bicyclic) bond motifs is 2. The predicted molar refractivity (Wildman–Crippen MR) is 116 cm³/mol. The smallest absolute Gasteiger partial charge is 0.225 e. The molecular weight excluding hydrogens is 415 g/mol. The third kappa shape index (κ3) is 5.97. The molecule has 2 saturated heterocycles. The molecule has 0 radical (unpaired) electrons. The Labute approximate surface area is 186 Å². The third-order valence-corrected chi connectivity index (χ3v) is 7.06. The van der Waals surface area contributed by atoms with Crippen molar-refractivity contribution in [3.63, 3.8) is 0 Å². The molecule has 168 valence electrons. The van der Waals surface area contributed by atoms with Crippen molar-refractivity contribution in [2.75, 3.05) is 45.9 Å². The van der Waals surface area contributed by atoms with Crippen LogP contribution in [0.2, 0.25) is 0 Å². The van der Waals surface area contributed by atoms with Crippen LogP contribution < -0.4 is 11.1 Å². The number of rotatable bonds is 5. The summed E-state index contributed by atoms with van der Waals surface area (Å²) < 4.78 is 5.37. The normalized spacial score (nSPS) is 34.9. The topological polar surface area (TPSA) is 87.9 Å². The van der Waals surface area contributed by atoms with Crippen LogP contribution >= 0.6 is 24.8 Å². The van der Waals surface area contributed by atoms with Crippen LogP contribution in [0.5, 0.6) is 0 Å². The van der Waals surface area contributed by atoms with E-state index in [2.05, 4.69) is 10.2 Å². The van der Waals surface area contributed by atoms with Crippen molar-refractivity contribution in [1.29, 1.82) is 0 Å². The molecule has 4 fully saturated rings. The third-order valence-electron chi connectivity index (χ3n) is 7.06. The van der Waals surface area contributed by atoms with Gasteiger partial charge in [-0.05, 0) is 37.5 Å². The molecule has 0 aromatic rings. The van der Waals surface area contributed by atoms with Crippen LogP contribution in [0.25, 0.3) is 0 Å². The molecule has 2 aliphatic heterocycles. The Morgan fingerprint density at radius 2 is 1.76 bits per heavy atom. The summed E-state index contributed by atoms with van der Waals surface area (Å²) in [7, 11) is 0. The molecule has 9 heteroatoms. The van der Waals surface area contributed by atoms with E-state index < -0.39 is 0 Å². The lowest BCUT2D eigenvalue weighted by Gasteiger charge is -2.45. The lowest BCUT2D eigenvalue weighted by atomic mass is 9.67. The van der Waals surface area contributed by atoms with Crippen LogP contribution in [-0.4, -0.2) is 79.6 Å². The average Bonchev–Trinajstić information content (AvgIpc) is 3.02. The lowest BCUT2D eigenvalue weighted by molar-refractivity contribution is -0.129. The Balaban J connectivity index is 0.00000150. The molecule has 0 aromatic carbocycles. The maximum atomic E-state index is 12.9. The minimum Gasteiger partial charge on any atom is -0.379 e. The van der Waals surface area contributed by atoms with Crippen LogP contribution in [0.3, 0.4) is 0 Å². The molecular formula is C20H36Cl2N4O3. The Morgan fingerprint density at radius 3 is 2.41 bits per heavy atom. The number of amides is 2. The highest BCUT2D eigenvalue weighted by atomic mass is 35.5. The summed E-state index contributed by atoms with van der Waals surface area (Å²) in [5, 5.41) is 3.33. The minimum absolute atomic E-state index is 0. The quantitative estimate of drug-likeness (QED) is 0.652. The Morgan fingerprint density at radius 1 is 1.10 bits per heavy atom. The molecule has 29 heavy (non-hydrogen) atoms. The highest BCUT2D eigenvalue weighted by Gasteiger charge is 2.42. The van der Waals surface area contributed by atoms with Crippen molar-refractivity contribution in [1.82, 2.24) is 15.1 Å². The second kappa shape index (κ2) is 11.1. The molecule has 2 aliphatic carbocycles. The van der Waals surface area contributed by atoms with E-state index >= 15 is 0 Å². The average molecular weight is 451 g/mol. The number of nitrogens with one attached hydrogen (secondary N) is 1. The molecule has 2 amide bonds. The molecule has 0 aromatic heterocycles. The van der Waals surface area contributed by atoms with E-state index in [1.165, 1.54) is 19.3 Å². The van der Waals surface area contributed by atoms with E-state index in [9.17, 15) is 9.59 Å². The summed E-state index contributed by atoms with van der Waals surface area (Å²) in [4.78, 5) is 29.5. The van der Waals surface area contributed by atoms with Crippen LogP contribution in [0.15, 0.2) is 0 Å². The SMILES string of the molecule is Cl.Cl.NC1CC2CCCC(C1)C2NC(=O)C1CC(=O)N(CCN2CCOCC2)C1. The summed E-state index contributed by atoms with van der Waals surface area (Å²) in [5.74, 6) is 1.04. The monoisotopic (exact) mass is 450 g/mol. The van der Waals surface area contributed by atoms with Gasteiger partial charge in [-0.2, -0.15) is 0 Å². The predicted octanol–water partition coefficient (Wildman–Crippen LogP) is 1.03. The Bertz CT molecular complexity index is 548. The zero-order valence-corrected chi connectivity index (χ0v) is 18.7. The first-order valence-electron chi connectivity index (χ1n) is 10.7. The van der Waals surface area contributed by atoms with E-state index in [1.54, 1.807) is 0 Å². The fourth-order valence-corrected chi connectivity index (χ4v) is 5.56. The molecule has 2 saturated carbocycles. The standard InChI is InChI=1S/C20H34N4O3.2ClH/c21-17-10-14-2-1-3-15(11-17)19(14)22-20(26)16-12-18(25)24(13-16)5-4-23-6-8-27-9-7-23;;/h14-17,19H,1-13,21H2,(H,22,26);2*1H. The van der Waals surface area contributed by atoms with Crippen LogP contribution in [0.4, 0.5) is 0 Å².